The molecule has 0 spiro atoms. The van der Waals surface area contributed by atoms with E-state index in [1.165, 1.54) is 5.56 Å². The number of nitrogens with zero attached hydrogens (tertiary/aromatic N) is 3. The van der Waals surface area contributed by atoms with Crippen LogP contribution < -0.4 is 5.32 Å². The number of hydrogen-bond acceptors (Lipinski definition) is 5. The first kappa shape index (κ1) is 21.2. The number of carbonyl (C=O) groups excluding carboxylic acids is 1. The maximum Gasteiger partial charge on any atom is 0.230 e. The van der Waals surface area contributed by atoms with Crippen LogP contribution in [-0.2, 0) is 17.8 Å². The molecule has 5 nitrogen and oxygen atoms in total. The number of aromatic nitrogens is 1. The van der Waals surface area contributed by atoms with Crippen molar-refractivity contribution in [2.75, 3.05) is 38.5 Å². The van der Waals surface area contributed by atoms with Crippen LogP contribution in [-0.4, -0.2) is 53.9 Å². The Morgan fingerprint density at radius 2 is 1.93 bits per heavy atom. The number of carbonyl (C=O) groups is 1. The Morgan fingerprint density at radius 3 is 2.73 bits per heavy atom. The minimum absolute atomic E-state index is 0.0613. The first-order valence-electron chi connectivity index (χ1n) is 10.1. The predicted molar refractivity (Wildman–Crippen MR) is 127 cm³/mol. The highest BCUT2D eigenvalue weighted by atomic mass is 79.9. The normalized spacial score (nSPS) is 15.3. The highest BCUT2D eigenvalue weighted by Crippen LogP contribution is 2.25. The molecule has 3 aromatic rings. The van der Waals surface area contributed by atoms with Crippen LogP contribution in [0.1, 0.15) is 11.3 Å². The van der Waals surface area contributed by atoms with E-state index in [-0.39, 0.29) is 12.3 Å². The van der Waals surface area contributed by atoms with E-state index in [9.17, 15) is 4.79 Å². The summed E-state index contributed by atoms with van der Waals surface area (Å²) in [7, 11) is 2.18. The van der Waals surface area contributed by atoms with Crippen LogP contribution >= 0.6 is 27.3 Å². The lowest BCUT2D eigenvalue weighted by Gasteiger charge is -2.32. The number of nitrogens with one attached hydrogen (secondary N) is 1. The van der Waals surface area contributed by atoms with E-state index in [0.29, 0.717) is 0 Å². The van der Waals surface area contributed by atoms with Gasteiger partial charge in [-0.15, -0.1) is 11.3 Å². The van der Waals surface area contributed by atoms with Crippen LogP contribution in [0.4, 0.5) is 5.69 Å². The zero-order chi connectivity index (χ0) is 20.9. The molecule has 1 aliphatic heterocycles. The van der Waals surface area contributed by atoms with Crippen LogP contribution in [0.15, 0.2) is 58.4 Å². The van der Waals surface area contributed by atoms with Gasteiger partial charge in [-0.3, -0.25) is 9.69 Å². The number of hydrogen-bond donors (Lipinski definition) is 1. The summed E-state index contributed by atoms with van der Waals surface area (Å²) in [6.45, 7) is 5.43. The van der Waals surface area contributed by atoms with Gasteiger partial charge in [0.05, 0.1) is 12.1 Å². The molecule has 1 amide bonds. The lowest BCUT2D eigenvalue weighted by Crippen LogP contribution is -2.43. The van der Waals surface area contributed by atoms with Gasteiger partial charge < -0.3 is 10.2 Å². The second-order valence-electron chi connectivity index (χ2n) is 7.66. The van der Waals surface area contributed by atoms with Crippen molar-refractivity contribution in [2.45, 2.75) is 13.0 Å². The van der Waals surface area contributed by atoms with Crippen molar-refractivity contribution in [3.8, 4) is 10.6 Å². The summed E-state index contributed by atoms with van der Waals surface area (Å²) >= 11 is 5.01. The SMILES string of the molecule is CN1CCN(Cc2cccc(-c3nc(CC(=O)Nc4cccc(Br)c4)cs3)c2)CC1. The monoisotopic (exact) mass is 484 g/mol. The number of rotatable bonds is 6. The van der Waals surface area contributed by atoms with Gasteiger partial charge in [-0.25, -0.2) is 4.98 Å². The van der Waals surface area contributed by atoms with E-state index in [0.717, 1.165) is 59.1 Å². The maximum atomic E-state index is 12.4. The maximum absolute atomic E-state index is 12.4. The number of amides is 1. The fraction of sp³-hybridized carbons (Fsp3) is 0.304. The predicted octanol–water partition coefficient (Wildman–Crippen LogP) is 4.50. The molecular formula is C23H25BrN4OS. The van der Waals surface area contributed by atoms with Gasteiger partial charge in [0.1, 0.15) is 5.01 Å². The third-order valence-corrected chi connectivity index (χ3v) is 6.61. The molecule has 0 radical (unpaired) electrons. The lowest BCUT2D eigenvalue weighted by atomic mass is 10.1. The third-order valence-electron chi connectivity index (χ3n) is 5.18. The van der Waals surface area contributed by atoms with Crippen LogP contribution in [0.3, 0.4) is 0 Å². The molecule has 1 N–H and O–H groups in total. The highest BCUT2D eigenvalue weighted by molar-refractivity contribution is 9.10. The molecule has 0 aliphatic carbocycles. The van der Waals surface area contributed by atoms with Crippen molar-refractivity contribution in [1.29, 1.82) is 0 Å². The molecule has 0 atom stereocenters. The van der Waals surface area contributed by atoms with Gasteiger partial charge in [0.25, 0.3) is 0 Å². The van der Waals surface area contributed by atoms with E-state index >= 15 is 0 Å². The van der Waals surface area contributed by atoms with E-state index in [1.54, 1.807) is 11.3 Å². The van der Waals surface area contributed by atoms with Crippen LogP contribution in [0.5, 0.6) is 0 Å². The molecule has 156 valence electrons. The van der Waals surface area contributed by atoms with Crippen molar-refractivity contribution < 1.29 is 4.79 Å². The van der Waals surface area contributed by atoms with Crippen LogP contribution in [0, 0.1) is 0 Å². The van der Waals surface area contributed by atoms with Gasteiger partial charge in [-0.05, 0) is 36.9 Å². The Balaban J connectivity index is 1.38. The second-order valence-corrected chi connectivity index (χ2v) is 9.43. The highest BCUT2D eigenvalue weighted by Gasteiger charge is 2.15. The summed E-state index contributed by atoms with van der Waals surface area (Å²) in [5.41, 5.74) is 4.00. The summed E-state index contributed by atoms with van der Waals surface area (Å²) in [5.74, 6) is -0.0613. The Kier molecular flexibility index (Phi) is 6.94. The Morgan fingerprint density at radius 1 is 1.13 bits per heavy atom. The molecule has 1 aromatic heterocycles. The number of thiazole rings is 1. The average molecular weight is 485 g/mol. The molecule has 1 fully saturated rings. The summed E-state index contributed by atoms with van der Waals surface area (Å²) in [6.07, 6.45) is 0.268. The van der Waals surface area contributed by atoms with Crippen molar-refractivity contribution in [3.63, 3.8) is 0 Å². The van der Waals surface area contributed by atoms with E-state index < -0.39 is 0 Å². The van der Waals surface area contributed by atoms with E-state index in [1.807, 2.05) is 29.6 Å². The van der Waals surface area contributed by atoms with E-state index in [4.69, 9.17) is 4.98 Å². The number of piperazine rings is 1. The second kappa shape index (κ2) is 9.83. The fourth-order valence-corrected chi connectivity index (χ4v) is 4.74. The summed E-state index contributed by atoms with van der Waals surface area (Å²) in [5, 5.41) is 5.86. The summed E-state index contributed by atoms with van der Waals surface area (Å²) in [4.78, 5) is 21.9. The minimum atomic E-state index is -0.0613. The summed E-state index contributed by atoms with van der Waals surface area (Å²) in [6, 6.07) is 16.2. The Bertz CT molecular complexity index is 1010. The number of halogens is 1. The quantitative estimate of drug-likeness (QED) is 0.559. The number of benzene rings is 2. The molecule has 0 bridgehead atoms. The third kappa shape index (κ3) is 5.76. The first-order valence-corrected chi connectivity index (χ1v) is 11.7. The Hall–Kier alpha value is -2.06. The molecule has 1 saturated heterocycles. The van der Waals surface area contributed by atoms with Gasteiger partial charge >= 0.3 is 0 Å². The van der Waals surface area contributed by atoms with Gasteiger partial charge in [-0.1, -0.05) is 40.2 Å². The fourth-order valence-electron chi connectivity index (χ4n) is 3.52. The lowest BCUT2D eigenvalue weighted by molar-refractivity contribution is -0.115. The van der Waals surface area contributed by atoms with Gasteiger partial charge in [0.2, 0.25) is 5.91 Å². The van der Waals surface area contributed by atoms with Crippen molar-refractivity contribution in [2.24, 2.45) is 0 Å². The van der Waals surface area contributed by atoms with Gasteiger partial charge in [0.15, 0.2) is 0 Å². The largest absolute Gasteiger partial charge is 0.326 e. The van der Waals surface area contributed by atoms with E-state index in [2.05, 4.69) is 62.4 Å². The van der Waals surface area contributed by atoms with Gasteiger partial charge in [-0.2, -0.15) is 0 Å². The standard InChI is InChI=1S/C23H25BrN4OS/c1-27-8-10-28(11-9-27)15-17-4-2-5-18(12-17)23-26-21(16-30-23)14-22(29)25-20-7-3-6-19(24)13-20/h2-7,12-13,16H,8-11,14-15H2,1H3,(H,25,29). The minimum Gasteiger partial charge on any atom is -0.326 e. The van der Waals surface area contributed by atoms with Gasteiger partial charge in [0, 0.05) is 53.8 Å². The van der Waals surface area contributed by atoms with Crippen molar-refractivity contribution in [1.82, 2.24) is 14.8 Å². The molecule has 4 rings (SSSR count). The van der Waals surface area contributed by atoms with Crippen molar-refractivity contribution in [3.05, 3.63) is 69.6 Å². The van der Waals surface area contributed by atoms with Crippen LogP contribution in [0.25, 0.3) is 10.6 Å². The smallest absolute Gasteiger partial charge is 0.230 e. The Labute approximate surface area is 189 Å². The zero-order valence-electron chi connectivity index (χ0n) is 17.0. The molecule has 0 unspecified atom stereocenters. The first-order chi connectivity index (χ1) is 14.5. The van der Waals surface area contributed by atoms with Crippen LogP contribution in [0.2, 0.25) is 0 Å². The molecule has 0 saturated carbocycles. The summed E-state index contributed by atoms with van der Waals surface area (Å²) < 4.78 is 0.938. The number of anilines is 1. The molecule has 1 aliphatic rings. The zero-order valence-corrected chi connectivity index (χ0v) is 19.4. The molecule has 2 heterocycles. The topological polar surface area (TPSA) is 48.5 Å². The molecule has 30 heavy (non-hydrogen) atoms. The molecule has 7 heteroatoms. The average Bonchev–Trinajstić information content (AvgIpc) is 3.18. The van der Waals surface area contributed by atoms with Crippen molar-refractivity contribution >= 4 is 38.9 Å². The molecule has 2 aromatic carbocycles. The molecular weight excluding hydrogens is 460 g/mol. The number of likely N-dealkylation sites (N-methyl/N-ethyl adjacent to an activating group) is 1.